The molecule has 1 rings (SSSR count). The molecule has 0 aliphatic carbocycles. The Morgan fingerprint density at radius 1 is 1.39 bits per heavy atom. The largest absolute Gasteiger partial charge is 0.479 e. The van der Waals surface area contributed by atoms with Crippen molar-refractivity contribution in [3.05, 3.63) is 12.1 Å². The fourth-order valence-electron chi connectivity index (χ4n) is 1.95. The third kappa shape index (κ3) is 4.74. The van der Waals surface area contributed by atoms with E-state index in [1.54, 1.807) is 25.5 Å². The van der Waals surface area contributed by atoms with Crippen LogP contribution in [0.4, 0.5) is 10.5 Å². The van der Waals surface area contributed by atoms with Gasteiger partial charge in [0.2, 0.25) is 5.88 Å². The second-order valence-electron chi connectivity index (χ2n) is 6.31. The number of hydrogen-bond donors (Lipinski definition) is 0. The van der Waals surface area contributed by atoms with E-state index in [1.165, 1.54) is 12.0 Å². The van der Waals surface area contributed by atoms with Gasteiger partial charge in [0.05, 0.1) is 7.11 Å². The molecule has 1 heterocycles. The van der Waals surface area contributed by atoms with Crippen LogP contribution in [0.1, 0.15) is 20.8 Å². The predicted molar refractivity (Wildman–Crippen MR) is 92.3 cm³/mol. The first-order valence-electron chi connectivity index (χ1n) is 7.03. The molecule has 1 aromatic heterocycles. The zero-order chi connectivity index (χ0) is 17.8. The Labute approximate surface area is 137 Å². The van der Waals surface area contributed by atoms with E-state index >= 15 is 0 Å². The maximum absolute atomic E-state index is 12.4. The number of anilines is 1. The number of terminal acetylenes is 1. The molecule has 23 heavy (non-hydrogen) atoms. The number of amides is 1. The van der Waals surface area contributed by atoms with Crippen LogP contribution >= 0.6 is 7.14 Å². The lowest BCUT2D eigenvalue weighted by molar-refractivity contribution is 0.161. The van der Waals surface area contributed by atoms with E-state index in [0.717, 1.165) is 0 Å². The highest BCUT2D eigenvalue weighted by Gasteiger charge is 2.33. The van der Waals surface area contributed by atoms with E-state index < -0.39 is 18.8 Å². The lowest BCUT2D eigenvalue weighted by atomic mass is 10.1. The van der Waals surface area contributed by atoms with Gasteiger partial charge in [-0.05, 0) is 46.2 Å². The fraction of sp³-hybridized carbons (Fsp3) is 0.500. The summed E-state index contributed by atoms with van der Waals surface area (Å²) in [5, 5.41) is 0. The molecule has 0 aromatic carbocycles. The molecule has 0 unspecified atom stereocenters. The average Bonchev–Trinajstić information content (AvgIpc) is 2.42. The smallest absolute Gasteiger partial charge is 0.415 e. The first-order chi connectivity index (χ1) is 10.5. The monoisotopic (exact) mass is 338 g/mol. The molecule has 0 aliphatic heterocycles. The van der Waals surface area contributed by atoms with Gasteiger partial charge in [-0.2, -0.15) is 0 Å². The molecule has 0 fully saturated rings. The molecule has 0 saturated carbocycles. The summed E-state index contributed by atoms with van der Waals surface area (Å²) in [6.45, 7) is 8.67. The third-order valence-corrected chi connectivity index (χ3v) is 4.30. The number of methoxy groups -OCH3 is 1. The summed E-state index contributed by atoms with van der Waals surface area (Å²) in [6, 6.07) is 3.29. The first-order valence-corrected chi connectivity index (χ1v) is 9.63. The van der Waals surface area contributed by atoms with Gasteiger partial charge in [-0.1, -0.05) is 5.92 Å². The number of pyridine rings is 1. The van der Waals surface area contributed by atoms with Crippen LogP contribution in [0.3, 0.4) is 0 Å². The van der Waals surface area contributed by atoms with Crippen LogP contribution in [-0.4, -0.2) is 43.7 Å². The number of carbonyl (C=O) groups is 1. The number of ether oxygens (including phenoxy) is 2. The van der Waals surface area contributed by atoms with Crippen LogP contribution < -0.4 is 15.1 Å². The molecule has 0 bridgehead atoms. The Kier molecular flexibility index (Phi) is 5.85. The van der Waals surface area contributed by atoms with Gasteiger partial charge in [-0.3, -0.25) is 4.90 Å². The van der Waals surface area contributed by atoms with Crippen LogP contribution in [0.5, 0.6) is 5.88 Å². The molecular formula is C16H23N2O4P. The topological polar surface area (TPSA) is 68.7 Å². The quantitative estimate of drug-likeness (QED) is 0.624. The molecule has 0 N–H and O–H groups in total. The van der Waals surface area contributed by atoms with Crippen molar-refractivity contribution in [1.82, 2.24) is 4.98 Å². The van der Waals surface area contributed by atoms with Gasteiger partial charge in [-0.15, -0.1) is 6.42 Å². The molecule has 1 amide bonds. The maximum atomic E-state index is 12.4. The highest BCUT2D eigenvalue weighted by Crippen LogP contribution is 2.37. The summed E-state index contributed by atoms with van der Waals surface area (Å²) in [5.41, 5.74) is 0.271. The van der Waals surface area contributed by atoms with Crippen LogP contribution in [0, 0.1) is 12.3 Å². The van der Waals surface area contributed by atoms with E-state index in [9.17, 15) is 9.36 Å². The highest BCUT2D eigenvalue weighted by atomic mass is 31.2. The molecule has 1 aromatic rings. The molecule has 0 spiro atoms. The van der Waals surface area contributed by atoms with Crippen molar-refractivity contribution < 1.29 is 18.8 Å². The minimum atomic E-state index is -2.54. The molecule has 126 valence electrons. The maximum Gasteiger partial charge on any atom is 0.415 e. The van der Waals surface area contributed by atoms with Crippen molar-refractivity contribution in [2.24, 2.45) is 0 Å². The molecular weight excluding hydrogens is 315 g/mol. The molecule has 0 saturated heterocycles. The highest BCUT2D eigenvalue weighted by molar-refractivity contribution is 7.69. The lowest BCUT2D eigenvalue weighted by Gasteiger charge is -2.35. The third-order valence-electron chi connectivity index (χ3n) is 2.94. The van der Waals surface area contributed by atoms with Gasteiger partial charge in [0.15, 0.2) is 6.61 Å². The van der Waals surface area contributed by atoms with E-state index in [4.69, 9.17) is 15.9 Å². The van der Waals surface area contributed by atoms with Crippen LogP contribution in [0.15, 0.2) is 12.1 Å². The molecule has 0 atom stereocenters. The molecule has 0 radical (unpaired) electrons. The lowest BCUT2D eigenvalue weighted by Crippen LogP contribution is -2.46. The van der Waals surface area contributed by atoms with Gasteiger partial charge in [0.1, 0.15) is 18.3 Å². The van der Waals surface area contributed by atoms with E-state index in [1.807, 2.05) is 20.8 Å². The van der Waals surface area contributed by atoms with Crippen LogP contribution in [0.25, 0.3) is 0 Å². The van der Waals surface area contributed by atoms with Crippen molar-refractivity contribution in [3.8, 4) is 18.2 Å². The Balaban J connectivity index is 3.40. The molecule has 6 nitrogen and oxygen atoms in total. The Bertz CT molecular complexity index is 668. The SMILES string of the molecule is C#CCOC(=O)N(c1ccc(P(C)(C)=O)nc1OC)C(C)(C)C. The summed E-state index contributed by atoms with van der Waals surface area (Å²) in [6.07, 6.45) is 4.54. The van der Waals surface area contributed by atoms with Crippen molar-refractivity contribution >= 4 is 24.4 Å². The Hall–Kier alpha value is -1.99. The fourth-order valence-corrected chi connectivity index (χ4v) is 2.71. The Morgan fingerprint density at radius 2 is 2.00 bits per heavy atom. The second-order valence-corrected chi connectivity index (χ2v) is 9.47. The standard InChI is InChI=1S/C16H23N2O4P/c1-8-11-22-15(19)18(16(2,3)4)12-9-10-13(23(6,7)20)17-14(12)21-5/h1,9-10H,11H2,2-7H3. The second kappa shape index (κ2) is 7.06. The van der Waals surface area contributed by atoms with Crippen LogP contribution in [0.2, 0.25) is 0 Å². The van der Waals surface area contributed by atoms with E-state index in [2.05, 4.69) is 10.9 Å². The van der Waals surface area contributed by atoms with Crippen molar-refractivity contribution in [3.63, 3.8) is 0 Å². The number of rotatable bonds is 4. The van der Waals surface area contributed by atoms with E-state index in [0.29, 0.717) is 11.1 Å². The first kappa shape index (κ1) is 19.1. The average molecular weight is 338 g/mol. The van der Waals surface area contributed by atoms with Crippen molar-refractivity contribution in [2.45, 2.75) is 26.3 Å². The Morgan fingerprint density at radius 3 is 2.43 bits per heavy atom. The summed E-state index contributed by atoms with van der Waals surface area (Å²) in [5.74, 6) is 2.47. The van der Waals surface area contributed by atoms with Crippen LogP contribution in [-0.2, 0) is 9.30 Å². The normalized spacial score (nSPS) is 11.5. The zero-order valence-corrected chi connectivity index (χ0v) is 15.3. The minimum absolute atomic E-state index is 0.127. The number of carbonyl (C=O) groups excluding carboxylic acids is 1. The van der Waals surface area contributed by atoms with E-state index in [-0.39, 0.29) is 12.5 Å². The van der Waals surface area contributed by atoms with Gasteiger partial charge in [-0.25, -0.2) is 9.78 Å². The van der Waals surface area contributed by atoms with Gasteiger partial charge in [0, 0.05) is 5.54 Å². The predicted octanol–water partition coefficient (Wildman–Crippen LogP) is 2.71. The van der Waals surface area contributed by atoms with Gasteiger partial charge in [0.25, 0.3) is 0 Å². The number of hydrogen-bond acceptors (Lipinski definition) is 5. The van der Waals surface area contributed by atoms with Crippen molar-refractivity contribution in [2.75, 3.05) is 31.9 Å². The van der Waals surface area contributed by atoms with Gasteiger partial charge >= 0.3 is 6.09 Å². The molecule has 7 heteroatoms. The van der Waals surface area contributed by atoms with Gasteiger partial charge < -0.3 is 14.0 Å². The minimum Gasteiger partial charge on any atom is -0.479 e. The molecule has 0 aliphatic rings. The zero-order valence-electron chi connectivity index (χ0n) is 14.4. The summed E-state index contributed by atoms with van der Waals surface area (Å²) in [4.78, 5) is 18.1. The summed E-state index contributed by atoms with van der Waals surface area (Å²) >= 11 is 0. The number of nitrogens with zero attached hydrogens (tertiary/aromatic N) is 2. The number of aromatic nitrogens is 1. The summed E-state index contributed by atoms with van der Waals surface area (Å²) in [7, 11) is -1.10. The summed E-state index contributed by atoms with van der Waals surface area (Å²) < 4.78 is 22.5. The van der Waals surface area contributed by atoms with Crippen molar-refractivity contribution in [1.29, 1.82) is 0 Å².